The summed E-state index contributed by atoms with van der Waals surface area (Å²) in [5.74, 6) is -0.0172. The van der Waals surface area contributed by atoms with Crippen LogP contribution in [0.25, 0.3) is 11.1 Å². The predicted molar refractivity (Wildman–Crippen MR) is 104 cm³/mol. The lowest BCUT2D eigenvalue weighted by Gasteiger charge is -2.14. The first kappa shape index (κ1) is 23.0. The lowest BCUT2D eigenvalue weighted by molar-refractivity contribution is -0.137. The fraction of sp³-hybridized carbons (Fsp3) is 0.350. The number of hydrogen-bond donors (Lipinski definition) is 2. The molecule has 7 heteroatoms. The molecule has 2 aromatic carbocycles. The van der Waals surface area contributed by atoms with E-state index in [1.165, 1.54) is 12.1 Å². The van der Waals surface area contributed by atoms with E-state index in [9.17, 15) is 18.0 Å². The summed E-state index contributed by atoms with van der Waals surface area (Å²) >= 11 is 0. The molecule has 0 radical (unpaired) electrons. The second kappa shape index (κ2) is 10.3. The first-order valence-electron chi connectivity index (χ1n) is 8.56. The smallest absolute Gasteiger partial charge is 0.354 e. The molecule has 0 aliphatic carbocycles. The molecule has 0 fully saturated rings. The monoisotopic (exact) mass is 400 g/mol. The molecule has 0 aromatic heterocycles. The van der Waals surface area contributed by atoms with Crippen molar-refractivity contribution >= 4 is 18.3 Å². The zero-order chi connectivity index (χ0) is 19.2. The van der Waals surface area contributed by atoms with Crippen LogP contribution in [0.3, 0.4) is 0 Å². The maximum atomic E-state index is 12.6. The molecule has 148 valence electrons. The number of likely N-dealkylation sites (N-methyl/N-ethyl adjacent to an activating group) is 1. The number of carbonyl (C=O) groups is 1. The van der Waals surface area contributed by atoms with Crippen molar-refractivity contribution in [2.75, 3.05) is 13.6 Å². The summed E-state index contributed by atoms with van der Waals surface area (Å²) in [6.07, 6.45) is -2.90. The standard InChI is InChI=1S/C20H23F3N2O.ClH/c1-3-18(24-2)19(26)25-13-12-14-4-6-15(7-5-14)16-8-10-17(11-9-16)20(21,22)23;/h4-11,18,24H,3,12-13H2,1-2H3,(H,25,26);1H/t18-;/m0./s1. The maximum Gasteiger partial charge on any atom is 0.416 e. The topological polar surface area (TPSA) is 41.1 Å². The van der Waals surface area contributed by atoms with E-state index in [1.807, 2.05) is 31.2 Å². The van der Waals surface area contributed by atoms with Crippen LogP contribution in [-0.4, -0.2) is 25.5 Å². The molecule has 2 N–H and O–H groups in total. The van der Waals surface area contributed by atoms with Crippen LogP contribution in [0.5, 0.6) is 0 Å². The Balaban J connectivity index is 0.00000364. The Hall–Kier alpha value is -2.05. The van der Waals surface area contributed by atoms with E-state index < -0.39 is 11.7 Å². The van der Waals surface area contributed by atoms with Crippen molar-refractivity contribution in [2.24, 2.45) is 0 Å². The summed E-state index contributed by atoms with van der Waals surface area (Å²) < 4.78 is 37.8. The first-order chi connectivity index (χ1) is 12.3. The highest BCUT2D eigenvalue weighted by Gasteiger charge is 2.29. The minimum absolute atomic E-state index is 0. The van der Waals surface area contributed by atoms with Gasteiger partial charge in [-0.05, 0) is 48.7 Å². The average molecular weight is 401 g/mol. The van der Waals surface area contributed by atoms with Crippen LogP contribution in [-0.2, 0) is 17.4 Å². The molecule has 2 aromatic rings. The molecule has 0 saturated heterocycles. The quantitative estimate of drug-likeness (QED) is 0.720. The van der Waals surface area contributed by atoms with E-state index in [4.69, 9.17) is 0 Å². The zero-order valence-electron chi connectivity index (χ0n) is 15.3. The lowest BCUT2D eigenvalue weighted by atomic mass is 10.0. The molecular formula is C20H24ClF3N2O. The molecule has 0 aliphatic rings. The van der Waals surface area contributed by atoms with E-state index in [1.54, 1.807) is 7.05 Å². The predicted octanol–water partition coefficient (Wildman–Crippen LogP) is 4.45. The molecule has 0 unspecified atom stereocenters. The van der Waals surface area contributed by atoms with Crippen molar-refractivity contribution in [3.63, 3.8) is 0 Å². The highest BCUT2D eigenvalue weighted by atomic mass is 35.5. The van der Waals surface area contributed by atoms with Crippen molar-refractivity contribution in [3.8, 4) is 11.1 Å². The van der Waals surface area contributed by atoms with Gasteiger partial charge in [-0.3, -0.25) is 4.79 Å². The van der Waals surface area contributed by atoms with Gasteiger partial charge >= 0.3 is 6.18 Å². The van der Waals surface area contributed by atoms with Crippen LogP contribution in [0.15, 0.2) is 48.5 Å². The second-order valence-corrected chi connectivity index (χ2v) is 6.06. The third kappa shape index (κ3) is 6.56. The highest BCUT2D eigenvalue weighted by Crippen LogP contribution is 2.31. The Labute approximate surface area is 163 Å². The molecule has 0 bridgehead atoms. The average Bonchev–Trinajstić information content (AvgIpc) is 2.63. The van der Waals surface area contributed by atoms with Crippen molar-refractivity contribution in [2.45, 2.75) is 32.0 Å². The summed E-state index contributed by atoms with van der Waals surface area (Å²) in [7, 11) is 1.76. The SMILES string of the molecule is CC[C@H](NC)C(=O)NCCc1ccc(-c2ccc(C(F)(F)F)cc2)cc1.Cl. The van der Waals surface area contributed by atoms with Gasteiger partial charge in [0.1, 0.15) is 0 Å². The number of amides is 1. The van der Waals surface area contributed by atoms with Crippen molar-refractivity contribution in [1.82, 2.24) is 10.6 Å². The van der Waals surface area contributed by atoms with Gasteiger partial charge in [0.15, 0.2) is 0 Å². The Kier molecular flexibility index (Phi) is 8.79. The normalized spacial score (nSPS) is 12.2. The van der Waals surface area contributed by atoms with Gasteiger partial charge in [-0.15, -0.1) is 12.4 Å². The molecule has 3 nitrogen and oxygen atoms in total. The van der Waals surface area contributed by atoms with Gasteiger partial charge in [-0.2, -0.15) is 13.2 Å². The lowest BCUT2D eigenvalue weighted by Crippen LogP contribution is -2.42. The largest absolute Gasteiger partial charge is 0.416 e. The highest BCUT2D eigenvalue weighted by molar-refractivity contribution is 5.85. The van der Waals surface area contributed by atoms with Crippen LogP contribution in [0.4, 0.5) is 13.2 Å². The number of nitrogens with one attached hydrogen (secondary N) is 2. The molecule has 0 heterocycles. The van der Waals surface area contributed by atoms with Crippen LogP contribution in [0.2, 0.25) is 0 Å². The molecule has 1 atom stereocenters. The van der Waals surface area contributed by atoms with Crippen molar-refractivity contribution in [3.05, 3.63) is 59.7 Å². The summed E-state index contributed by atoms with van der Waals surface area (Å²) in [5, 5.41) is 5.85. The molecule has 27 heavy (non-hydrogen) atoms. The van der Waals surface area contributed by atoms with E-state index in [0.717, 1.165) is 35.2 Å². The van der Waals surface area contributed by atoms with Crippen LogP contribution >= 0.6 is 12.4 Å². The summed E-state index contributed by atoms with van der Waals surface area (Å²) in [6.45, 7) is 2.48. The summed E-state index contributed by atoms with van der Waals surface area (Å²) in [4.78, 5) is 11.9. The van der Waals surface area contributed by atoms with Gasteiger partial charge in [0.2, 0.25) is 5.91 Å². The van der Waals surface area contributed by atoms with Gasteiger partial charge in [-0.25, -0.2) is 0 Å². The second-order valence-electron chi connectivity index (χ2n) is 6.06. The minimum atomic E-state index is -4.32. The molecule has 0 aliphatic heterocycles. The first-order valence-corrected chi connectivity index (χ1v) is 8.56. The third-order valence-corrected chi connectivity index (χ3v) is 4.29. The number of carbonyl (C=O) groups excluding carboxylic acids is 1. The van der Waals surface area contributed by atoms with Crippen molar-refractivity contribution < 1.29 is 18.0 Å². The van der Waals surface area contributed by atoms with Gasteiger partial charge in [0.05, 0.1) is 11.6 Å². The number of benzene rings is 2. The fourth-order valence-electron chi connectivity index (χ4n) is 2.69. The number of halogens is 4. The minimum Gasteiger partial charge on any atom is -0.354 e. The van der Waals surface area contributed by atoms with Crippen molar-refractivity contribution in [1.29, 1.82) is 0 Å². The Morgan fingerprint density at radius 3 is 1.96 bits per heavy atom. The van der Waals surface area contributed by atoms with Gasteiger partial charge < -0.3 is 10.6 Å². The van der Waals surface area contributed by atoms with E-state index in [2.05, 4.69) is 10.6 Å². The van der Waals surface area contributed by atoms with Crippen LogP contribution in [0, 0.1) is 0 Å². The van der Waals surface area contributed by atoms with E-state index in [0.29, 0.717) is 13.0 Å². The summed E-state index contributed by atoms with van der Waals surface area (Å²) in [5.41, 5.74) is 1.99. The Morgan fingerprint density at radius 1 is 1.00 bits per heavy atom. The fourth-order valence-corrected chi connectivity index (χ4v) is 2.69. The van der Waals surface area contributed by atoms with Gasteiger partial charge in [0.25, 0.3) is 0 Å². The molecule has 1 amide bonds. The number of alkyl halides is 3. The van der Waals surface area contributed by atoms with Gasteiger partial charge in [0, 0.05) is 6.54 Å². The van der Waals surface area contributed by atoms with Gasteiger partial charge in [-0.1, -0.05) is 43.3 Å². The van der Waals surface area contributed by atoms with E-state index in [-0.39, 0.29) is 24.4 Å². The number of rotatable bonds is 7. The molecule has 0 spiro atoms. The van der Waals surface area contributed by atoms with Crippen LogP contribution in [0.1, 0.15) is 24.5 Å². The molecule has 0 saturated carbocycles. The Bertz CT molecular complexity index is 712. The number of hydrogen-bond acceptors (Lipinski definition) is 2. The molecule has 2 rings (SSSR count). The Morgan fingerprint density at radius 2 is 1.52 bits per heavy atom. The maximum absolute atomic E-state index is 12.6. The third-order valence-electron chi connectivity index (χ3n) is 4.29. The van der Waals surface area contributed by atoms with Crippen LogP contribution < -0.4 is 10.6 Å². The summed E-state index contributed by atoms with van der Waals surface area (Å²) in [6, 6.07) is 12.5. The van der Waals surface area contributed by atoms with E-state index >= 15 is 0 Å². The molecular weight excluding hydrogens is 377 g/mol. The zero-order valence-corrected chi connectivity index (χ0v) is 16.1.